The minimum atomic E-state index is -0.625. The highest BCUT2D eigenvalue weighted by Gasteiger charge is 2.28. The number of amides is 1. The monoisotopic (exact) mass is 344 g/mol. The van der Waals surface area contributed by atoms with Gasteiger partial charge in [-0.3, -0.25) is 9.78 Å². The molecule has 1 aromatic carbocycles. The van der Waals surface area contributed by atoms with Crippen LogP contribution in [0.1, 0.15) is 22.2 Å². The smallest absolute Gasteiger partial charge is 0.255 e. The SMILES string of the molecule is O=C(c1cnc2c(F)ccc(F)c2c1)N1CCOC(c2ccco2)C1. The normalized spacial score (nSPS) is 17.8. The molecule has 1 amide bonds. The van der Waals surface area contributed by atoms with Crippen molar-refractivity contribution >= 4 is 16.8 Å². The second-order valence-electron chi connectivity index (χ2n) is 5.78. The quantitative estimate of drug-likeness (QED) is 0.716. The third-order valence-corrected chi connectivity index (χ3v) is 4.21. The van der Waals surface area contributed by atoms with E-state index in [2.05, 4.69) is 4.98 Å². The molecule has 1 aliphatic heterocycles. The topological polar surface area (TPSA) is 55.6 Å². The highest BCUT2D eigenvalue weighted by atomic mass is 19.1. The van der Waals surface area contributed by atoms with Crippen LogP contribution in [-0.4, -0.2) is 35.5 Å². The Balaban J connectivity index is 1.62. The van der Waals surface area contributed by atoms with Gasteiger partial charge in [0.2, 0.25) is 0 Å². The van der Waals surface area contributed by atoms with Crippen molar-refractivity contribution in [1.29, 1.82) is 0 Å². The van der Waals surface area contributed by atoms with Gasteiger partial charge in [-0.25, -0.2) is 8.78 Å². The van der Waals surface area contributed by atoms with Crippen LogP contribution in [0.3, 0.4) is 0 Å². The van der Waals surface area contributed by atoms with E-state index in [1.165, 1.54) is 12.3 Å². The fraction of sp³-hybridized carbons (Fsp3) is 0.222. The van der Waals surface area contributed by atoms with E-state index >= 15 is 0 Å². The van der Waals surface area contributed by atoms with Crippen molar-refractivity contribution in [1.82, 2.24) is 9.88 Å². The maximum atomic E-state index is 13.9. The van der Waals surface area contributed by atoms with Crippen LogP contribution in [0.5, 0.6) is 0 Å². The van der Waals surface area contributed by atoms with E-state index in [1.54, 1.807) is 23.3 Å². The second-order valence-corrected chi connectivity index (χ2v) is 5.78. The van der Waals surface area contributed by atoms with Gasteiger partial charge in [0.1, 0.15) is 29.0 Å². The van der Waals surface area contributed by atoms with Crippen LogP contribution < -0.4 is 0 Å². The number of rotatable bonds is 2. The first kappa shape index (κ1) is 15.7. The van der Waals surface area contributed by atoms with Gasteiger partial charge in [0.05, 0.1) is 25.0 Å². The first-order valence-electron chi connectivity index (χ1n) is 7.81. The Hall–Kier alpha value is -2.80. The van der Waals surface area contributed by atoms with E-state index in [9.17, 15) is 13.6 Å². The molecule has 3 aromatic rings. The van der Waals surface area contributed by atoms with Crippen LogP contribution in [0, 0.1) is 11.6 Å². The summed E-state index contributed by atoms with van der Waals surface area (Å²) >= 11 is 0. The van der Waals surface area contributed by atoms with E-state index in [1.807, 2.05) is 0 Å². The summed E-state index contributed by atoms with van der Waals surface area (Å²) in [5.74, 6) is -0.909. The first-order valence-corrected chi connectivity index (χ1v) is 7.81. The van der Waals surface area contributed by atoms with Gasteiger partial charge in [-0.1, -0.05) is 0 Å². The summed E-state index contributed by atoms with van der Waals surface area (Å²) in [7, 11) is 0. The first-order chi connectivity index (χ1) is 12.1. The molecule has 4 rings (SSSR count). The van der Waals surface area contributed by atoms with Gasteiger partial charge in [-0.15, -0.1) is 0 Å². The lowest BCUT2D eigenvalue weighted by molar-refractivity contribution is -0.0321. The number of fused-ring (bicyclic) bond motifs is 1. The Morgan fingerprint density at radius 3 is 2.88 bits per heavy atom. The molecule has 1 saturated heterocycles. The summed E-state index contributed by atoms with van der Waals surface area (Å²) in [5.41, 5.74) is 0.115. The van der Waals surface area contributed by atoms with Crippen LogP contribution in [0.4, 0.5) is 8.78 Å². The molecule has 5 nitrogen and oxygen atoms in total. The van der Waals surface area contributed by atoms with Gasteiger partial charge >= 0.3 is 0 Å². The fourth-order valence-corrected chi connectivity index (χ4v) is 2.93. The van der Waals surface area contributed by atoms with E-state index in [4.69, 9.17) is 9.15 Å². The lowest BCUT2D eigenvalue weighted by atomic mass is 10.1. The molecule has 2 aromatic heterocycles. The number of hydrogen-bond donors (Lipinski definition) is 0. The van der Waals surface area contributed by atoms with Gasteiger partial charge in [-0.05, 0) is 30.3 Å². The van der Waals surface area contributed by atoms with Crippen molar-refractivity contribution in [2.75, 3.05) is 19.7 Å². The van der Waals surface area contributed by atoms with E-state index in [0.29, 0.717) is 25.5 Å². The molecule has 0 bridgehead atoms. The molecular formula is C18H14F2N2O3. The van der Waals surface area contributed by atoms with Gasteiger partial charge in [0.25, 0.3) is 5.91 Å². The lowest BCUT2D eigenvalue weighted by Gasteiger charge is -2.32. The summed E-state index contributed by atoms with van der Waals surface area (Å²) in [6.45, 7) is 1.08. The average Bonchev–Trinajstić information content (AvgIpc) is 3.19. The predicted molar refractivity (Wildman–Crippen MR) is 85.0 cm³/mol. The van der Waals surface area contributed by atoms with E-state index in [-0.39, 0.29) is 28.5 Å². The Bertz CT molecular complexity index is 927. The molecule has 1 unspecified atom stereocenters. The van der Waals surface area contributed by atoms with Gasteiger partial charge in [0.15, 0.2) is 0 Å². The van der Waals surface area contributed by atoms with Crippen molar-refractivity contribution in [2.24, 2.45) is 0 Å². The van der Waals surface area contributed by atoms with E-state index < -0.39 is 11.6 Å². The van der Waals surface area contributed by atoms with Crippen molar-refractivity contribution in [3.63, 3.8) is 0 Å². The molecule has 1 atom stereocenters. The molecule has 0 saturated carbocycles. The highest BCUT2D eigenvalue weighted by Crippen LogP contribution is 2.25. The summed E-state index contributed by atoms with van der Waals surface area (Å²) < 4.78 is 38.6. The number of pyridine rings is 1. The third-order valence-electron chi connectivity index (χ3n) is 4.21. The maximum absolute atomic E-state index is 13.9. The summed E-state index contributed by atoms with van der Waals surface area (Å²) in [6, 6.07) is 6.91. The lowest BCUT2D eigenvalue weighted by Crippen LogP contribution is -2.42. The third kappa shape index (κ3) is 2.87. The van der Waals surface area contributed by atoms with Gasteiger partial charge in [-0.2, -0.15) is 0 Å². The number of benzene rings is 1. The minimum Gasteiger partial charge on any atom is -0.467 e. The van der Waals surface area contributed by atoms with Crippen molar-refractivity contribution in [3.05, 3.63) is 65.7 Å². The number of nitrogens with zero attached hydrogens (tertiary/aromatic N) is 2. The fourth-order valence-electron chi connectivity index (χ4n) is 2.93. The highest BCUT2D eigenvalue weighted by molar-refractivity contribution is 5.97. The zero-order valence-electron chi connectivity index (χ0n) is 13.1. The standard InChI is InChI=1S/C18H14F2N2O3/c19-13-3-4-14(20)17-12(13)8-11(9-21-17)18(23)22-5-7-25-16(10-22)15-2-1-6-24-15/h1-4,6,8-9,16H,5,7,10H2. The minimum absolute atomic E-state index is 0.0123. The Morgan fingerprint density at radius 1 is 1.24 bits per heavy atom. The van der Waals surface area contributed by atoms with Crippen LogP contribution in [0.2, 0.25) is 0 Å². The van der Waals surface area contributed by atoms with Crippen LogP contribution in [0.25, 0.3) is 10.9 Å². The largest absolute Gasteiger partial charge is 0.467 e. The number of carbonyl (C=O) groups excluding carboxylic acids is 1. The molecule has 1 aliphatic rings. The molecule has 0 radical (unpaired) electrons. The molecule has 0 N–H and O–H groups in total. The number of hydrogen-bond acceptors (Lipinski definition) is 4. The Labute approximate surface area is 141 Å². The number of ether oxygens (including phenoxy) is 1. The summed E-state index contributed by atoms with van der Waals surface area (Å²) in [4.78, 5) is 18.2. The predicted octanol–water partition coefficient (Wildman–Crippen LogP) is 3.32. The number of halogens is 2. The molecule has 0 aliphatic carbocycles. The molecule has 128 valence electrons. The summed E-state index contributed by atoms with van der Waals surface area (Å²) in [6.07, 6.45) is 2.46. The average molecular weight is 344 g/mol. The Kier molecular flexibility index (Phi) is 3.93. The van der Waals surface area contributed by atoms with Gasteiger partial charge < -0.3 is 14.1 Å². The number of furan rings is 1. The van der Waals surface area contributed by atoms with Crippen LogP contribution in [0.15, 0.2) is 47.2 Å². The molecule has 0 spiro atoms. The molecular weight excluding hydrogens is 330 g/mol. The van der Waals surface area contributed by atoms with E-state index in [0.717, 1.165) is 12.1 Å². The van der Waals surface area contributed by atoms with Crippen molar-refractivity contribution in [3.8, 4) is 0 Å². The van der Waals surface area contributed by atoms with Crippen LogP contribution >= 0.6 is 0 Å². The maximum Gasteiger partial charge on any atom is 0.255 e. The van der Waals surface area contributed by atoms with Gasteiger partial charge in [0, 0.05) is 18.1 Å². The zero-order valence-corrected chi connectivity index (χ0v) is 13.1. The molecule has 7 heteroatoms. The molecule has 3 heterocycles. The Morgan fingerprint density at radius 2 is 2.08 bits per heavy atom. The van der Waals surface area contributed by atoms with Crippen molar-refractivity contribution < 1.29 is 22.7 Å². The zero-order chi connectivity index (χ0) is 17.4. The number of aromatic nitrogens is 1. The molecule has 25 heavy (non-hydrogen) atoms. The number of carbonyl (C=O) groups is 1. The molecule has 1 fully saturated rings. The summed E-state index contributed by atoms with van der Waals surface area (Å²) in [5, 5.41) is -0.0123. The van der Waals surface area contributed by atoms with Crippen molar-refractivity contribution in [2.45, 2.75) is 6.10 Å². The second kappa shape index (κ2) is 6.25. The van der Waals surface area contributed by atoms with Crippen LogP contribution in [-0.2, 0) is 4.74 Å². The number of morpholine rings is 1.